The molecule has 2 aliphatic rings. The Morgan fingerprint density at radius 2 is 1.67 bits per heavy atom. The van der Waals surface area contributed by atoms with Crippen LogP contribution >= 0.6 is 11.6 Å². The Balaban J connectivity index is 1.39. The van der Waals surface area contributed by atoms with Crippen LogP contribution in [0.15, 0.2) is 95.7 Å². The lowest BCUT2D eigenvalue weighted by molar-refractivity contribution is 0.640. The fourth-order valence-corrected chi connectivity index (χ4v) is 5.49. The van der Waals surface area contributed by atoms with Gasteiger partial charge in [-0.25, -0.2) is 0 Å². The Hall–Kier alpha value is -3.10. The molecular formula is C30H29ClN2. The van der Waals surface area contributed by atoms with Crippen LogP contribution in [0.3, 0.4) is 0 Å². The van der Waals surface area contributed by atoms with E-state index in [1.54, 1.807) is 0 Å². The van der Waals surface area contributed by atoms with Crippen molar-refractivity contribution in [1.29, 1.82) is 0 Å². The standard InChI is InChI=1S/C30H29ClN2/c1-29(2)23-19-21(31)16-18-25(23)33(5)27(29)14-8-6-7-13-26-30(3,4)28-22-12-10-9-11-20(22)15-17-24(28)32-26/h6-19H,1-5H3/b8-6+,13-7+,27-14+. The number of likely N-dealkylation sites (N-methyl/N-ethyl adjacent to an activating group) is 1. The highest BCUT2D eigenvalue weighted by molar-refractivity contribution is 6.30. The third kappa shape index (κ3) is 3.45. The molecule has 0 radical (unpaired) electrons. The van der Waals surface area contributed by atoms with Gasteiger partial charge in [0.05, 0.1) is 11.4 Å². The zero-order chi connectivity index (χ0) is 23.4. The fraction of sp³-hybridized carbons (Fsp3) is 0.233. The van der Waals surface area contributed by atoms with Gasteiger partial charge in [0, 0.05) is 34.3 Å². The number of hydrogen-bond acceptors (Lipinski definition) is 2. The van der Waals surface area contributed by atoms with Crippen molar-refractivity contribution in [3.63, 3.8) is 0 Å². The maximum Gasteiger partial charge on any atom is 0.0681 e. The van der Waals surface area contributed by atoms with Gasteiger partial charge in [0.15, 0.2) is 0 Å². The first-order valence-electron chi connectivity index (χ1n) is 11.4. The van der Waals surface area contributed by atoms with Gasteiger partial charge < -0.3 is 4.90 Å². The fourth-order valence-electron chi connectivity index (χ4n) is 5.32. The summed E-state index contributed by atoms with van der Waals surface area (Å²) >= 11 is 6.27. The lowest BCUT2D eigenvalue weighted by Crippen LogP contribution is -2.24. The van der Waals surface area contributed by atoms with E-state index in [0.29, 0.717) is 0 Å². The number of benzene rings is 3. The minimum absolute atomic E-state index is 0.0940. The number of anilines is 1. The van der Waals surface area contributed by atoms with E-state index < -0.39 is 0 Å². The van der Waals surface area contributed by atoms with Crippen LogP contribution in [-0.4, -0.2) is 12.8 Å². The molecule has 33 heavy (non-hydrogen) atoms. The highest BCUT2D eigenvalue weighted by Crippen LogP contribution is 2.48. The molecule has 0 N–H and O–H groups in total. The van der Waals surface area contributed by atoms with Gasteiger partial charge >= 0.3 is 0 Å². The van der Waals surface area contributed by atoms with Gasteiger partial charge in [0.25, 0.3) is 0 Å². The maximum absolute atomic E-state index is 6.27. The van der Waals surface area contributed by atoms with Gasteiger partial charge in [0.1, 0.15) is 0 Å². The van der Waals surface area contributed by atoms with E-state index >= 15 is 0 Å². The van der Waals surface area contributed by atoms with E-state index in [4.69, 9.17) is 16.6 Å². The molecule has 5 rings (SSSR count). The van der Waals surface area contributed by atoms with E-state index in [-0.39, 0.29) is 10.8 Å². The van der Waals surface area contributed by atoms with Gasteiger partial charge in [-0.2, -0.15) is 0 Å². The number of rotatable bonds is 3. The summed E-state index contributed by atoms with van der Waals surface area (Å²) in [6.45, 7) is 9.02. The number of fused-ring (bicyclic) bond motifs is 4. The molecule has 0 spiro atoms. The molecule has 166 valence electrons. The summed E-state index contributed by atoms with van der Waals surface area (Å²) in [6, 6.07) is 19.0. The molecule has 0 atom stereocenters. The van der Waals surface area contributed by atoms with E-state index in [2.05, 4.69) is 119 Å². The summed E-state index contributed by atoms with van der Waals surface area (Å²) in [4.78, 5) is 7.22. The van der Waals surface area contributed by atoms with Crippen LogP contribution in [0.2, 0.25) is 5.02 Å². The van der Waals surface area contributed by atoms with Gasteiger partial charge in [-0.05, 0) is 58.3 Å². The molecule has 0 saturated carbocycles. The summed E-state index contributed by atoms with van der Waals surface area (Å²) in [6.07, 6.45) is 10.6. The minimum Gasteiger partial charge on any atom is -0.347 e. The third-order valence-electron chi connectivity index (χ3n) is 7.14. The molecule has 3 aromatic carbocycles. The van der Waals surface area contributed by atoms with E-state index in [1.807, 2.05) is 6.07 Å². The van der Waals surface area contributed by atoms with Crippen molar-refractivity contribution in [1.82, 2.24) is 0 Å². The lowest BCUT2D eigenvalue weighted by Gasteiger charge is -2.23. The molecule has 3 heteroatoms. The molecule has 0 aliphatic carbocycles. The molecule has 0 aromatic heterocycles. The molecule has 0 bridgehead atoms. The topological polar surface area (TPSA) is 15.6 Å². The second-order valence-electron chi connectivity index (χ2n) is 9.94. The molecule has 0 amide bonds. The number of aliphatic imine (C=N–C) groups is 1. The number of hydrogen-bond donors (Lipinski definition) is 0. The molecule has 0 fully saturated rings. The quantitative estimate of drug-likeness (QED) is 0.365. The number of allylic oxidation sites excluding steroid dienone is 6. The third-order valence-corrected chi connectivity index (χ3v) is 7.37. The zero-order valence-corrected chi connectivity index (χ0v) is 20.6. The molecule has 2 nitrogen and oxygen atoms in total. The Labute approximate surface area is 201 Å². The second-order valence-corrected chi connectivity index (χ2v) is 10.4. The van der Waals surface area contributed by atoms with Crippen LogP contribution in [-0.2, 0) is 10.8 Å². The minimum atomic E-state index is -0.131. The Morgan fingerprint density at radius 3 is 2.48 bits per heavy atom. The first-order chi connectivity index (χ1) is 15.7. The second kappa shape index (κ2) is 7.74. The van der Waals surface area contributed by atoms with Crippen molar-refractivity contribution in [2.75, 3.05) is 11.9 Å². The Morgan fingerprint density at radius 1 is 0.879 bits per heavy atom. The van der Waals surface area contributed by atoms with E-state index in [0.717, 1.165) is 16.4 Å². The van der Waals surface area contributed by atoms with E-state index in [9.17, 15) is 0 Å². The van der Waals surface area contributed by atoms with Crippen molar-refractivity contribution < 1.29 is 0 Å². The zero-order valence-electron chi connectivity index (χ0n) is 19.9. The van der Waals surface area contributed by atoms with Crippen molar-refractivity contribution in [3.8, 4) is 0 Å². The first kappa shape index (κ1) is 21.7. The molecule has 0 saturated heterocycles. The average molecular weight is 453 g/mol. The van der Waals surface area contributed by atoms with Crippen molar-refractivity contribution >= 4 is 39.5 Å². The van der Waals surface area contributed by atoms with Crippen LogP contribution in [0.5, 0.6) is 0 Å². The number of halogens is 1. The largest absolute Gasteiger partial charge is 0.347 e. The molecular weight excluding hydrogens is 424 g/mol. The van der Waals surface area contributed by atoms with Gasteiger partial charge in [-0.15, -0.1) is 0 Å². The maximum atomic E-state index is 6.27. The van der Waals surface area contributed by atoms with Crippen molar-refractivity contribution in [2.24, 2.45) is 4.99 Å². The summed E-state index contributed by atoms with van der Waals surface area (Å²) in [5, 5.41) is 3.34. The Kier molecular flexibility index (Phi) is 5.10. The van der Waals surface area contributed by atoms with Crippen LogP contribution in [0.1, 0.15) is 38.8 Å². The van der Waals surface area contributed by atoms with Crippen molar-refractivity contribution in [2.45, 2.75) is 38.5 Å². The smallest absolute Gasteiger partial charge is 0.0681 e. The Bertz CT molecular complexity index is 1390. The van der Waals surface area contributed by atoms with Crippen LogP contribution in [0.4, 0.5) is 11.4 Å². The lowest BCUT2D eigenvalue weighted by atomic mass is 9.79. The summed E-state index contributed by atoms with van der Waals surface area (Å²) in [5.41, 5.74) is 6.99. The summed E-state index contributed by atoms with van der Waals surface area (Å²) in [7, 11) is 2.12. The SMILES string of the molecule is CN1/C(=C/C=C/C=C/C2=Nc3ccc4ccccc4c3C2(C)C)C(C)(C)c2cc(Cl)ccc21. The molecule has 2 aliphatic heterocycles. The molecule has 3 aromatic rings. The summed E-state index contributed by atoms with van der Waals surface area (Å²) in [5.74, 6) is 0. The van der Waals surface area contributed by atoms with E-state index in [1.165, 1.54) is 33.3 Å². The monoisotopic (exact) mass is 452 g/mol. The molecule has 0 unspecified atom stereocenters. The summed E-state index contributed by atoms with van der Waals surface area (Å²) < 4.78 is 0. The van der Waals surface area contributed by atoms with Crippen LogP contribution in [0, 0.1) is 0 Å². The molecule has 2 heterocycles. The predicted molar refractivity (Wildman–Crippen MR) is 143 cm³/mol. The highest BCUT2D eigenvalue weighted by Gasteiger charge is 2.38. The van der Waals surface area contributed by atoms with Gasteiger partial charge in [-0.1, -0.05) is 87.9 Å². The predicted octanol–water partition coefficient (Wildman–Crippen LogP) is 8.28. The van der Waals surface area contributed by atoms with Crippen molar-refractivity contribution in [3.05, 3.63) is 107 Å². The van der Waals surface area contributed by atoms with Gasteiger partial charge in [-0.3, -0.25) is 4.99 Å². The van der Waals surface area contributed by atoms with Crippen LogP contribution < -0.4 is 4.90 Å². The first-order valence-corrected chi connectivity index (χ1v) is 11.8. The highest BCUT2D eigenvalue weighted by atomic mass is 35.5. The van der Waals surface area contributed by atoms with Crippen LogP contribution in [0.25, 0.3) is 10.8 Å². The average Bonchev–Trinajstić information content (AvgIpc) is 3.15. The van der Waals surface area contributed by atoms with Gasteiger partial charge in [0.2, 0.25) is 0 Å². The number of nitrogens with zero attached hydrogens (tertiary/aromatic N) is 2. The normalized spacial score (nSPS) is 19.6.